The number of rotatable bonds is 4. The summed E-state index contributed by atoms with van der Waals surface area (Å²) in [7, 11) is 2.12. The minimum Gasteiger partial charge on any atom is -0.393 e. The largest absolute Gasteiger partial charge is 0.393 e. The third-order valence-corrected chi connectivity index (χ3v) is 3.30. The van der Waals surface area contributed by atoms with Crippen molar-refractivity contribution in [2.24, 2.45) is 5.92 Å². The van der Waals surface area contributed by atoms with Crippen molar-refractivity contribution >= 4 is 0 Å². The van der Waals surface area contributed by atoms with Gasteiger partial charge in [-0.25, -0.2) is 0 Å². The van der Waals surface area contributed by atoms with E-state index >= 15 is 0 Å². The SMILES string of the molecule is CCC(C)N(C)CC1COCCC1O. The highest BCUT2D eigenvalue weighted by atomic mass is 16.5. The Morgan fingerprint density at radius 1 is 1.57 bits per heavy atom. The molecule has 0 spiro atoms. The predicted molar refractivity (Wildman–Crippen MR) is 57.3 cm³/mol. The summed E-state index contributed by atoms with van der Waals surface area (Å²) in [6.07, 6.45) is 1.77. The molecule has 3 nitrogen and oxygen atoms in total. The highest BCUT2D eigenvalue weighted by molar-refractivity contribution is 4.76. The fourth-order valence-electron chi connectivity index (χ4n) is 1.82. The molecular formula is C11H23NO2. The summed E-state index contributed by atoms with van der Waals surface area (Å²) in [5.41, 5.74) is 0. The molecule has 1 saturated heterocycles. The predicted octanol–water partition coefficient (Wildman–Crippen LogP) is 1.11. The van der Waals surface area contributed by atoms with Gasteiger partial charge in [0, 0.05) is 25.1 Å². The number of hydrogen-bond acceptors (Lipinski definition) is 3. The van der Waals surface area contributed by atoms with Crippen molar-refractivity contribution in [1.82, 2.24) is 4.90 Å². The van der Waals surface area contributed by atoms with Crippen LogP contribution in [-0.4, -0.2) is 49.0 Å². The van der Waals surface area contributed by atoms with Crippen molar-refractivity contribution in [2.45, 2.75) is 38.8 Å². The van der Waals surface area contributed by atoms with Crippen LogP contribution in [0.25, 0.3) is 0 Å². The monoisotopic (exact) mass is 201 g/mol. The zero-order valence-electron chi connectivity index (χ0n) is 9.57. The first-order valence-corrected chi connectivity index (χ1v) is 5.61. The van der Waals surface area contributed by atoms with Crippen LogP contribution in [-0.2, 0) is 4.74 Å². The molecule has 1 N–H and O–H groups in total. The number of nitrogens with zero attached hydrogens (tertiary/aromatic N) is 1. The molecule has 1 aliphatic rings. The molecule has 0 aromatic heterocycles. The second-order valence-electron chi connectivity index (χ2n) is 4.39. The van der Waals surface area contributed by atoms with Crippen molar-refractivity contribution < 1.29 is 9.84 Å². The van der Waals surface area contributed by atoms with E-state index in [1.165, 1.54) is 0 Å². The van der Waals surface area contributed by atoms with Crippen LogP contribution in [0.5, 0.6) is 0 Å². The van der Waals surface area contributed by atoms with E-state index in [1.54, 1.807) is 0 Å². The molecule has 1 fully saturated rings. The number of hydrogen-bond donors (Lipinski definition) is 1. The fourth-order valence-corrected chi connectivity index (χ4v) is 1.82. The van der Waals surface area contributed by atoms with Gasteiger partial charge >= 0.3 is 0 Å². The molecule has 1 rings (SSSR count). The number of aliphatic hydroxyl groups is 1. The first-order valence-electron chi connectivity index (χ1n) is 5.61. The smallest absolute Gasteiger partial charge is 0.0624 e. The van der Waals surface area contributed by atoms with Crippen LogP contribution in [0.4, 0.5) is 0 Å². The van der Waals surface area contributed by atoms with Gasteiger partial charge in [-0.1, -0.05) is 6.92 Å². The molecule has 3 heteroatoms. The number of ether oxygens (including phenoxy) is 1. The zero-order chi connectivity index (χ0) is 10.6. The Morgan fingerprint density at radius 3 is 2.86 bits per heavy atom. The van der Waals surface area contributed by atoms with Gasteiger partial charge < -0.3 is 14.7 Å². The fraction of sp³-hybridized carbons (Fsp3) is 1.00. The molecule has 3 atom stereocenters. The Labute approximate surface area is 87.1 Å². The molecule has 0 aromatic carbocycles. The Bertz CT molecular complexity index is 163. The Balaban J connectivity index is 2.34. The summed E-state index contributed by atoms with van der Waals surface area (Å²) in [6, 6.07) is 0.587. The third kappa shape index (κ3) is 3.23. The summed E-state index contributed by atoms with van der Waals surface area (Å²) >= 11 is 0. The van der Waals surface area contributed by atoms with E-state index in [4.69, 9.17) is 4.74 Å². The van der Waals surface area contributed by atoms with E-state index in [0.717, 1.165) is 19.4 Å². The van der Waals surface area contributed by atoms with Crippen LogP contribution in [0.3, 0.4) is 0 Å². The van der Waals surface area contributed by atoms with Gasteiger partial charge in [-0.05, 0) is 26.8 Å². The molecule has 84 valence electrons. The molecular weight excluding hydrogens is 178 g/mol. The lowest BCUT2D eigenvalue weighted by Gasteiger charge is -2.33. The maximum atomic E-state index is 9.77. The zero-order valence-corrected chi connectivity index (χ0v) is 9.57. The standard InChI is InChI=1S/C11H23NO2/c1-4-9(2)12(3)7-10-8-14-6-5-11(10)13/h9-11,13H,4-8H2,1-3H3. The second-order valence-corrected chi connectivity index (χ2v) is 4.39. The van der Waals surface area contributed by atoms with Gasteiger partial charge in [0.2, 0.25) is 0 Å². The lowest BCUT2D eigenvalue weighted by Crippen LogP contribution is -2.42. The molecule has 1 heterocycles. The maximum absolute atomic E-state index is 9.77. The molecule has 0 radical (unpaired) electrons. The normalized spacial score (nSPS) is 30.6. The first kappa shape index (κ1) is 12.0. The van der Waals surface area contributed by atoms with Crippen LogP contribution >= 0.6 is 0 Å². The summed E-state index contributed by atoms with van der Waals surface area (Å²) in [4.78, 5) is 2.31. The van der Waals surface area contributed by atoms with Gasteiger partial charge in [-0.3, -0.25) is 0 Å². The van der Waals surface area contributed by atoms with Crippen LogP contribution in [0.15, 0.2) is 0 Å². The lowest BCUT2D eigenvalue weighted by atomic mass is 9.97. The van der Waals surface area contributed by atoms with Gasteiger partial charge in [0.15, 0.2) is 0 Å². The summed E-state index contributed by atoms with van der Waals surface area (Å²) in [5.74, 6) is 0.294. The minimum atomic E-state index is -0.171. The topological polar surface area (TPSA) is 32.7 Å². The Morgan fingerprint density at radius 2 is 2.29 bits per heavy atom. The summed E-state index contributed by atoms with van der Waals surface area (Å²) in [5, 5.41) is 9.77. The van der Waals surface area contributed by atoms with E-state index < -0.39 is 0 Å². The van der Waals surface area contributed by atoms with Crippen molar-refractivity contribution in [1.29, 1.82) is 0 Å². The van der Waals surface area contributed by atoms with Crippen molar-refractivity contribution in [3.8, 4) is 0 Å². The molecule has 14 heavy (non-hydrogen) atoms. The van der Waals surface area contributed by atoms with Gasteiger partial charge in [0.1, 0.15) is 0 Å². The Kier molecular flexibility index (Phi) is 4.85. The van der Waals surface area contributed by atoms with E-state index in [-0.39, 0.29) is 6.10 Å². The minimum absolute atomic E-state index is 0.171. The summed E-state index contributed by atoms with van der Waals surface area (Å²) < 4.78 is 5.38. The van der Waals surface area contributed by atoms with E-state index in [0.29, 0.717) is 25.2 Å². The molecule has 0 aliphatic carbocycles. The van der Waals surface area contributed by atoms with Crippen molar-refractivity contribution in [2.75, 3.05) is 26.8 Å². The highest BCUT2D eigenvalue weighted by Gasteiger charge is 2.25. The number of aliphatic hydroxyl groups excluding tert-OH is 1. The quantitative estimate of drug-likeness (QED) is 0.739. The molecule has 0 bridgehead atoms. The van der Waals surface area contributed by atoms with Crippen LogP contribution in [0, 0.1) is 5.92 Å². The van der Waals surface area contributed by atoms with E-state index in [1.807, 2.05) is 0 Å². The van der Waals surface area contributed by atoms with Crippen LogP contribution < -0.4 is 0 Å². The molecule has 3 unspecified atom stereocenters. The van der Waals surface area contributed by atoms with Gasteiger partial charge in [-0.2, -0.15) is 0 Å². The van der Waals surface area contributed by atoms with Gasteiger partial charge in [0.25, 0.3) is 0 Å². The molecule has 0 amide bonds. The van der Waals surface area contributed by atoms with Gasteiger partial charge in [-0.15, -0.1) is 0 Å². The second kappa shape index (κ2) is 5.69. The van der Waals surface area contributed by atoms with Gasteiger partial charge in [0.05, 0.1) is 12.7 Å². The third-order valence-electron chi connectivity index (χ3n) is 3.30. The van der Waals surface area contributed by atoms with Crippen LogP contribution in [0.2, 0.25) is 0 Å². The van der Waals surface area contributed by atoms with Crippen molar-refractivity contribution in [3.05, 3.63) is 0 Å². The molecule has 1 aliphatic heterocycles. The average Bonchev–Trinajstić information content (AvgIpc) is 2.20. The first-order chi connectivity index (χ1) is 6.65. The Hall–Kier alpha value is -0.120. The summed E-state index contributed by atoms with van der Waals surface area (Å²) in [6.45, 7) is 6.77. The highest BCUT2D eigenvalue weighted by Crippen LogP contribution is 2.16. The lowest BCUT2D eigenvalue weighted by molar-refractivity contribution is -0.0473. The average molecular weight is 201 g/mol. The van der Waals surface area contributed by atoms with E-state index in [9.17, 15) is 5.11 Å². The van der Waals surface area contributed by atoms with Crippen molar-refractivity contribution in [3.63, 3.8) is 0 Å². The maximum Gasteiger partial charge on any atom is 0.0624 e. The molecule has 0 saturated carbocycles. The van der Waals surface area contributed by atoms with Crippen LogP contribution in [0.1, 0.15) is 26.7 Å². The molecule has 0 aromatic rings. The van der Waals surface area contributed by atoms with E-state index in [2.05, 4.69) is 25.8 Å².